The summed E-state index contributed by atoms with van der Waals surface area (Å²) in [5, 5.41) is 3.91. The molecule has 0 unspecified atom stereocenters. The number of benzene rings is 2. The molecular weight excluding hydrogens is 353 g/mol. The van der Waals surface area contributed by atoms with Crippen molar-refractivity contribution in [3.05, 3.63) is 72.0 Å². The van der Waals surface area contributed by atoms with E-state index in [4.69, 9.17) is 11.6 Å². The van der Waals surface area contributed by atoms with Gasteiger partial charge in [0.25, 0.3) is 0 Å². The van der Waals surface area contributed by atoms with Crippen molar-refractivity contribution in [1.29, 1.82) is 0 Å². The zero-order valence-electron chi connectivity index (χ0n) is 13.0. The summed E-state index contributed by atoms with van der Waals surface area (Å²) in [4.78, 5) is 12.6. The highest BCUT2D eigenvalue weighted by molar-refractivity contribution is 6.30. The van der Waals surface area contributed by atoms with E-state index >= 15 is 0 Å². The Morgan fingerprint density at radius 2 is 1.68 bits per heavy atom. The third-order valence-electron chi connectivity index (χ3n) is 4.37. The van der Waals surface area contributed by atoms with E-state index in [2.05, 4.69) is 57.4 Å². The predicted molar refractivity (Wildman–Crippen MR) is 107 cm³/mol. The average Bonchev–Trinajstić information content (AvgIpc) is 2.99. The van der Waals surface area contributed by atoms with Crippen LogP contribution >= 0.6 is 24.0 Å². The van der Waals surface area contributed by atoms with Crippen molar-refractivity contribution in [3.63, 3.8) is 0 Å². The Morgan fingerprint density at radius 3 is 2.60 bits per heavy atom. The minimum Gasteiger partial charge on any atom is -0.351 e. The SMILES string of the molecule is Cl.Clc1ccc2[nH]c3c(-c4cccc5ccccc45)nccc3c2n1. The molecular formula is C20H13Cl2N3. The van der Waals surface area contributed by atoms with E-state index in [0.29, 0.717) is 5.15 Å². The molecule has 0 amide bonds. The molecule has 1 N–H and O–H groups in total. The Bertz CT molecular complexity index is 1220. The Hall–Kier alpha value is -2.62. The van der Waals surface area contributed by atoms with Crippen LogP contribution in [0.1, 0.15) is 0 Å². The van der Waals surface area contributed by atoms with Gasteiger partial charge in [-0.2, -0.15) is 0 Å². The molecule has 25 heavy (non-hydrogen) atoms. The summed E-state index contributed by atoms with van der Waals surface area (Å²) in [6.45, 7) is 0. The van der Waals surface area contributed by atoms with E-state index in [1.807, 2.05) is 18.3 Å². The van der Waals surface area contributed by atoms with Gasteiger partial charge in [-0.1, -0.05) is 54.1 Å². The lowest BCUT2D eigenvalue weighted by Gasteiger charge is -2.07. The molecule has 5 heteroatoms. The van der Waals surface area contributed by atoms with Crippen LogP contribution in [0.2, 0.25) is 5.15 Å². The van der Waals surface area contributed by atoms with E-state index in [1.54, 1.807) is 6.07 Å². The van der Waals surface area contributed by atoms with Crippen LogP contribution < -0.4 is 0 Å². The van der Waals surface area contributed by atoms with Gasteiger partial charge in [-0.25, -0.2) is 4.98 Å². The highest BCUT2D eigenvalue weighted by Gasteiger charge is 2.13. The molecule has 0 aliphatic rings. The van der Waals surface area contributed by atoms with E-state index in [-0.39, 0.29) is 12.4 Å². The second-order valence-corrected chi connectivity index (χ2v) is 6.15. The maximum Gasteiger partial charge on any atom is 0.129 e. The smallest absolute Gasteiger partial charge is 0.129 e. The summed E-state index contributed by atoms with van der Waals surface area (Å²) in [7, 11) is 0. The lowest BCUT2D eigenvalue weighted by atomic mass is 10.0. The molecule has 5 aromatic rings. The number of hydrogen-bond donors (Lipinski definition) is 1. The number of hydrogen-bond acceptors (Lipinski definition) is 2. The van der Waals surface area contributed by atoms with Crippen molar-refractivity contribution >= 4 is 56.7 Å². The topological polar surface area (TPSA) is 41.6 Å². The molecule has 0 saturated heterocycles. The largest absolute Gasteiger partial charge is 0.351 e. The Kier molecular flexibility index (Phi) is 3.83. The minimum atomic E-state index is 0. The fourth-order valence-electron chi connectivity index (χ4n) is 3.30. The van der Waals surface area contributed by atoms with Crippen molar-refractivity contribution in [2.75, 3.05) is 0 Å². The summed E-state index contributed by atoms with van der Waals surface area (Å²) in [5.41, 5.74) is 4.86. The summed E-state index contributed by atoms with van der Waals surface area (Å²) in [6, 6.07) is 20.4. The standard InChI is InChI=1S/C20H12ClN3.ClH/c21-17-9-8-16-18(24-17)15-10-11-22-19(20(15)23-16)14-7-3-5-12-4-1-2-6-13(12)14;/h1-11,23H;1H. The highest BCUT2D eigenvalue weighted by atomic mass is 35.5. The molecule has 122 valence electrons. The molecule has 0 aliphatic carbocycles. The van der Waals surface area contributed by atoms with Gasteiger partial charge >= 0.3 is 0 Å². The monoisotopic (exact) mass is 365 g/mol. The number of aromatic nitrogens is 3. The van der Waals surface area contributed by atoms with E-state index < -0.39 is 0 Å². The molecule has 5 rings (SSSR count). The van der Waals surface area contributed by atoms with Crippen LogP contribution in [0.25, 0.3) is 44.0 Å². The minimum absolute atomic E-state index is 0. The van der Waals surface area contributed by atoms with Crippen molar-refractivity contribution < 1.29 is 0 Å². The quantitative estimate of drug-likeness (QED) is 0.369. The first-order chi connectivity index (χ1) is 11.8. The Labute approximate surface area is 155 Å². The van der Waals surface area contributed by atoms with E-state index in [1.165, 1.54) is 10.8 Å². The first-order valence-electron chi connectivity index (χ1n) is 7.72. The van der Waals surface area contributed by atoms with Gasteiger partial charge in [0.05, 0.1) is 22.2 Å². The second kappa shape index (κ2) is 6.03. The fraction of sp³-hybridized carbons (Fsp3) is 0. The van der Waals surface area contributed by atoms with Gasteiger partial charge in [0.15, 0.2) is 0 Å². The number of nitrogens with one attached hydrogen (secondary N) is 1. The van der Waals surface area contributed by atoms with Gasteiger partial charge in [-0.3, -0.25) is 4.98 Å². The summed E-state index contributed by atoms with van der Waals surface area (Å²) in [6.07, 6.45) is 1.83. The van der Waals surface area contributed by atoms with Crippen molar-refractivity contribution in [2.24, 2.45) is 0 Å². The normalized spacial score (nSPS) is 11.1. The third kappa shape index (κ3) is 2.44. The summed E-state index contributed by atoms with van der Waals surface area (Å²) >= 11 is 6.07. The van der Waals surface area contributed by atoms with Gasteiger partial charge in [0.2, 0.25) is 0 Å². The number of halogens is 2. The molecule has 2 aromatic carbocycles. The van der Waals surface area contributed by atoms with Gasteiger partial charge in [-0.05, 0) is 29.0 Å². The molecule has 0 radical (unpaired) electrons. The van der Waals surface area contributed by atoms with Crippen LogP contribution in [-0.2, 0) is 0 Å². The van der Waals surface area contributed by atoms with Crippen LogP contribution in [0.4, 0.5) is 0 Å². The van der Waals surface area contributed by atoms with Crippen LogP contribution in [-0.4, -0.2) is 15.0 Å². The number of H-pyrrole nitrogens is 1. The zero-order valence-corrected chi connectivity index (χ0v) is 14.6. The first-order valence-corrected chi connectivity index (χ1v) is 8.10. The Morgan fingerprint density at radius 1 is 0.840 bits per heavy atom. The van der Waals surface area contributed by atoms with Crippen molar-refractivity contribution in [3.8, 4) is 11.3 Å². The zero-order chi connectivity index (χ0) is 16.1. The van der Waals surface area contributed by atoms with Gasteiger partial charge in [-0.15, -0.1) is 12.4 Å². The first kappa shape index (κ1) is 15.9. The molecule has 3 aromatic heterocycles. The van der Waals surface area contributed by atoms with Crippen LogP contribution in [0.15, 0.2) is 66.9 Å². The molecule has 3 heterocycles. The second-order valence-electron chi connectivity index (χ2n) is 5.76. The number of pyridine rings is 2. The number of aromatic amines is 1. The molecule has 0 spiro atoms. The van der Waals surface area contributed by atoms with E-state index in [9.17, 15) is 0 Å². The van der Waals surface area contributed by atoms with E-state index in [0.717, 1.165) is 33.2 Å². The predicted octanol–water partition coefficient (Wildman–Crippen LogP) is 6.01. The number of nitrogens with zero attached hydrogens (tertiary/aromatic N) is 2. The molecule has 0 bridgehead atoms. The molecule has 0 fully saturated rings. The summed E-state index contributed by atoms with van der Waals surface area (Å²) < 4.78 is 0. The van der Waals surface area contributed by atoms with Crippen LogP contribution in [0, 0.1) is 0 Å². The maximum absolute atomic E-state index is 6.07. The van der Waals surface area contributed by atoms with Crippen LogP contribution in [0.3, 0.4) is 0 Å². The average molecular weight is 366 g/mol. The lowest BCUT2D eigenvalue weighted by Crippen LogP contribution is -1.87. The van der Waals surface area contributed by atoms with Crippen molar-refractivity contribution in [1.82, 2.24) is 15.0 Å². The van der Waals surface area contributed by atoms with Crippen LogP contribution in [0.5, 0.6) is 0 Å². The third-order valence-corrected chi connectivity index (χ3v) is 4.58. The number of rotatable bonds is 1. The highest BCUT2D eigenvalue weighted by Crippen LogP contribution is 2.34. The molecule has 0 atom stereocenters. The molecule has 0 aliphatic heterocycles. The van der Waals surface area contributed by atoms with Gasteiger partial charge in [0.1, 0.15) is 5.15 Å². The van der Waals surface area contributed by atoms with Gasteiger partial charge < -0.3 is 4.98 Å². The lowest BCUT2D eigenvalue weighted by molar-refractivity contribution is 1.35. The Balaban J connectivity index is 0.00000157. The fourth-order valence-corrected chi connectivity index (χ4v) is 3.45. The van der Waals surface area contributed by atoms with Crippen molar-refractivity contribution in [2.45, 2.75) is 0 Å². The molecule has 3 nitrogen and oxygen atoms in total. The summed E-state index contributed by atoms with van der Waals surface area (Å²) in [5.74, 6) is 0. The van der Waals surface area contributed by atoms with Gasteiger partial charge in [0, 0.05) is 17.1 Å². The maximum atomic E-state index is 6.07. The molecule has 0 saturated carbocycles. The number of fused-ring (bicyclic) bond motifs is 4.